The Bertz CT molecular complexity index is 805. The first-order valence-corrected chi connectivity index (χ1v) is 9.49. The number of nitrogens with zero attached hydrogens (tertiary/aromatic N) is 2. The number of piperidine rings is 1. The quantitative estimate of drug-likeness (QED) is 0.792. The van der Waals surface area contributed by atoms with Gasteiger partial charge in [-0.05, 0) is 36.5 Å². The molecule has 2 heterocycles. The summed E-state index contributed by atoms with van der Waals surface area (Å²) in [6.45, 7) is 5.11. The van der Waals surface area contributed by atoms with E-state index in [2.05, 4.69) is 10.2 Å². The number of hydrogen-bond acceptors (Lipinski definition) is 4. The van der Waals surface area contributed by atoms with Gasteiger partial charge in [-0.2, -0.15) is 5.10 Å². The van der Waals surface area contributed by atoms with Crippen LogP contribution in [-0.4, -0.2) is 47.0 Å². The first-order chi connectivity index (χ1) is 13.0. The molecule has 1 aromatic carbocycles. The minimum absolute atomic E-state index is 0.203. The molecule has 0 unspecified atom stereocenters. The Morgan fingerprint density at radius 3 is 2.70 bits per heavy atom. The molecule has 3 rings (SSSR count). The molecule has 1 fully saturated rings. The standard InChI is InChI=1S/C21H27N3O3/c1-14(2)11-19(25)21(26)24-9-7-15(8-10-24)20-18(13-22-23-20)16-5-4-6-17(12-16)27-3/h4-6,12-15H,7-11H2,1-3H3,(H,22,23). The Kier molecular flexibility index (Phi) is 5.94. The van der Waals surface area contributed by atoms with Crippen molar-refractivity contribution in [3.05, 3.63) is 36.2 Å². The van der Waals surface area contributed by atoms with Crippen molar-refractivity contribution in [2.24, 2.45) is 5.92 Å². The van der Waals surface area contributed by atoms with Gasteiger partial charge in [-0.3, -0.25) is 14.7 Å². The first-order valence-electron chi connectivity index (χ1n) is 9.49. The molecular weight excluding hydrogens is 342 g/mol. The third-order valence-corrected chi connectivity index (χ3v) is 5.07. The zero-order valence-electron chi connectivity index (χ0n) is 16.2. The number of rotatable bonds is 6. The second-order valence-corrected chi connectivity index (χ2v) is 7.52. The highest BCUT2D eigenvalue weighted by atomic mass is 16.5. The number of nitrogens with one attached hydrogen (secondary N) is 1. The first kappa shape index (κ1) is 19.1. The average molecular weight is 369 g/mol. The van der Waals surface area contributed by atoms with E-state index in [0.717, 1.165) is 35.4 Å². The molecule has 6 heteroatoms. The minimum atomic E-state index is -0.334. The van der Waals surface area contributed by atoms with Gasteiger partial charge in [0.2, 0.25) is 5.78 Å². The Morgan fingerprint density at radius 2 is 2.04 bits per heavy atom. The average Bonchev–Trinajstić information content (AvgIpc) is 3.17. The van der Waals surface area contributed by atoms with E-state index >= 15 is 0 Å². The van der Waals surface area contributed by atoms with Crippen molar-refractivity contribution in [3.63, 3.8) is 0 Å². The molecule has 1 aromatic heterocycles. The normalized spacial score (nSPS) is 15.2. The van der Waals surface area contributed by atoms with E-state index in [1.165, 1.54) is 0 Å². The van der Waals surface area contributed by atoms with Crippen LogP contribution in [0.15, 0.2) is 30.5 Å². The number of benzene rings is 1. The fourth-order valence-corrected chi connectivity index (χ4v) is 3.63. The summed E-state index contributed by atoms with van der Waals surface area (Å²) in [5, 5.41) is 7.39. The van der Waals surface area contributed by atoms with Gasteiger partial charge in [-0.15, -0.1) is 0 Å². The summed E-state index contributed by atoms with van der Waals surface area (Å²) in [5.41, 5.74) is 3.21. The fourth-order valence-electron chi connectivity index (χ4n) is 3.63. The van der Waals surface area contributed by atoms with E-state index in [1.807, 2.05) is 44.3 Å². The second kappa shape index (κ2) is 8.37. The molecule has 1 aliphatic rings. The van der Waals surface area contributed by atoms with E-state index in [9.17, 15) is 9.59 Å². The number of ketones is 1. The van der Waals surface area contributed by atoms with Gasteiger partial charge in [0.15, 0.2) is 0 Å². The molecule has 0 spiro atoms. The zero-order valence-corrected chi connectivity index (χ0v) is 16.2. The molecule has 2 aromatic rings. The summed E-state index contributed by atoms with van der Waals surface area (Å²) < 4.78 is 5.32. The number of hydrogen-bond donors (Lipinski definition) is 1. The maximum absolute atomic E-state index is 12.3. The van der Waals surface area contributed by atoms with Crippen molar-refractivity contribution < 1.29 is 14.3 Å². The molecule has 0 atom stereocenters. The summed E-state index contributed by atoms with van der Waals surface area (Å²) in [7, 11) is 1.66. The summed E-state index contributed by atoms with van der Waals surface area (Å²) in [6.07, 6.45) is 3.80. The molecule has 1 amide bonds. The number of Topliss-reactive ketones (excluding diaryl/α,β-unsaturated/α-hetero) is 1. The summed E-state index contributed by atoms with van der Waals surface area (Å²) in [5.74, 6) is 0.693. The van der Waals surface area contributed by atoms with Crippen LogP contribution in [0.3, 0.4) is 0 Å². The minimum Gasteiger partial charge on any atom is -0.497 e. The van der Waals surface area contributed by atoms with Crippen LogP contribution < -0.4 is 4.74 Å². The number of carbonyl (C=O) groups is 2. The highest BCUT2D eigenvalue weighted by molar-refractivity contribution is 6.36. The number of methoxy groups -OCH3 is 1. The third kappa shape index (κ3) is 4.38. The van der Waals surface area contributed by atoms with Gasteiger partial charge in [0.05, 0.1) is 13.3 Å². The number of likely N-dealkylation sites (tertiary alicyclic amines) is 1. The number of amides is 1. The van der Waals surface area contributed by atoms with Crippen molar-refractivity contribution >= 4 is 11.7 Å². The highest BCUT2D eigenvalue weighted by Gasteiger charge is 2.29. The van der Waals surface area contributed by atoms with Gasteiger partial charge >= 0.3 is 0 Å². The van der Waals surface area contributed by atoms with Crippen LogP contribution in [0.1, 0.15) is 44.7 Å². The number of aromatic amines is 1. The van der Waals surface area contributed by atoms with Crippen LogP contribution in [0, 0.1) is 5.92 Å². The molecule has 0 bridgehead atoms. The molecule has 0 radical (unpaired) electrons. The maximum atomic E-state index is 12.3. The lowest BCUT2D eigenvalue weighted by atomic mass is 9.89. The van der Waals surface area contributed by atoms with Gasteiger partial charge < -0.3 is 9.64 Å². The lowest BCUT2D eigenvalue weighted by Crippen LogP contribution is -2.42. The van der Waals surface area contributed by atoms with Crippen LogP contribution in [0.4, 0.5) is 0 Å². The number of ether oxygens (including phenoxy) is 1. The number of aromatic nitrogens is 2. The lowest BCUT2D eigenvalue weighted by Gasteiger charge is -2.31. The Labute approximate surface area is 159 Å². The fraction of sp³-hybridized carbons (Fsp3) is 0.476. The van der Waals surface area contributed by atoms with Gasteiger partial charge in [0.1, 0.15) is 5.75 Å². The van der Waals surface area contributed by atoms with E-state index in [0.29, 0.717) is 19.5 Å². The summed E-state index contributed by atoms with van der Waals surface area (Å²) in [6, 6.07) is 7.92. The molecule has 0 aliphatic carbocycles. The Hall–Kier alpha value is -2.63. The molecule has 1 saturated heterocycles. The zero-order chi connectivity index (χ0) is 19.4. The predicted molar refractivity (Wildman–Crippen MR) is 104 cm³/mol. The van der Waals surface area contributed by atoms with E-state index in [1.54, 1.807) is 12.0 Å². The predicted octanol–water partition coefficient (Wildman–Crippen LogP) is 3.41. The SMILES string of the molecule is COc1cccc(-c2cn[nH]c2C2CCN(C(=O)C(=O)CC(C)C)CC2)c1. The van der Waals surface area contributed by atoms with Crippen LogP contribution >= 0.6 is 0 Å². The van der Waals surface area contributed by atoms with Crippen molar-refractivity contribution in [1.29, 1.82) is 0 Å². The smallest absolute Gasteiger partial charge is 0.289 e. The topological polar surface area (TPSA) is 75.3 Å². The van der Waals surface area contributed by atoms with Crippen LogP contribution in [0.25, 0.3) is 11.1 Å². The molecule has 144 valence electrons. The van der Waals surface area contributed by atoms with Crippen LogP contribution in [0.5, 0.6) is 5.75 Å². The molecule has 27 heavy (non-hydrogen) atoms. The Morgan fingerprint density at radius 1 is 1.30 bits per heavy atom. The molecule has 1 aliphatic heterocycles. The summed E-state index contributed by atoms with van der Waals surface area (Å²) in [4.78, 5) is 26.1. The van der Waals surface area contributed by atoms with E-state index < -0.39 is 0 Å². The van der Waals surface area contributed by atoms with Gasteiger partial charge in [-0.25, -0.2) is 0 Å². The molecule has 0 saturated carbocycles. The summed E-state index contributed by atoms with van der Waals surface area (Å²) >= 11 is 0. The number of carbonyl (C=O) groups excluding carboxylic acids is 2. The van der Waals surface area contributed by atoms with Crippen molar-refractivity contribution in [2.45, 2.75) is 39.0 Å². The van der Waals surface area contributed by atoms with Crippen LogP contribution in [0.2, 0.25) is 0 Å². The Balaban J connectivity index is 1.68. The van der Waals surface area contributed by atoms with Gasteiger partial charge in [0, 0.05) is 36.7 Å². The lowest BCUT2D eigenvalue weighted by molar-refractivity contribution is -0.145. The second-order valence-electron chi connectivity index (χ2n) is 7.52. The number of H-pyrrole nitrogens is 1. The molecule has 1 N–H and O–H groups in total. The van der Waals surface area contributed by atoms with E-state index in [4.69, 9.17) is 4.74 Å². The molecular formula is C21H27N3O3. The molecule has 6 nitrogen and oxygen atoms in total. The van der Waals surface area contributed by atoms with Crippen molar-refractivity contribution in [3.8, 4) is 16.9 Å². The third-order valence-electron chi connectivity index (χ3n) is 5.07. The monoisotopic (exact) mass is 369 g/mol. The van der Waals surface area contributed by atoms with Gasteiger partial charge in [-0.1, -0.05) is 26.0 Å². The largest absolute Gasteiger partial charge is 0.497 e. The maximum Gasteiger partial charge on any atom is 0.289 e. The van der Waals surface area contributed by atoms with Gasteiger partial charge in [0.25, 0.3) is 5.91 Å². The van der Waals surface area contributed by atoms with E-state index in [-0.39, 0.29) is 23.5 Å². The van der Waals surface area contributed by atoms with Crippen molar-refractivity contribution in [1.82, 2.24) is 15.1 Å². The van der Waals surface area contributed by atoms with Crippen LogP contribution in [-0.2, 0) is 9.59 Å². The van der Waals surface area contributed by atoms with Crippen molar-refractivity contribution in [2.75, 3.05) is 20.2 Å². The highest BCUT2D eigenvalue weighted by Crippen LogP contribution is 2.35.